The van der Waals surface area contributed by atoms with Crippen LogP contribution in [0.1, 0.15) is 18.1 Å². The molecule has 1 unspecified atom stereocenters. The molecule has 1 saturated heterocycles. The van der Waals surface area contributed by atoms with E-state index in [4.69, 9.17) is 0 Å². The van der Waals surface area contributed by atoms with Crippen molar-refractivity contribution < 1.29 is 9.59 Å². The highest BCUT2D eigenvalue weighted by atomic mass is 16.2. The van der Waals surface area contributed by atoms with E-state index in [9.17, 15) is 9.59 Å². The number of carbonyl (C=O) groups excluding carboxylic acids is 2. The molecule has 1 aliphatic heterocycles. The summed E-state index contributed by atoms with van der Waals surface area (Å²) in [6.07, 6.45) is 0. The summed E-state index contributed by atoms with van der Waals surface area (Å²) in [7, 11) is 0. The number of imide groups is 1. The predicted molar refractivity (Wildman–Crippen MR) is 92.1 cm³/mol. The summed E-state index contributed by atoms with van der Waals surface area (Å²) in [5.74, 6) is -0.279. The first-order chi connectivity index (χ1) is 11.5. The topological polar surface area (TPSA) is 61.4 Å². The van der Waals surface area contributed by atoms with Gasteiger partial charge in [0, 0.05) is 19.6 Å². The molecule has 5 heteroatoms. The van der Waals surface area contributed by atoms with E-state index < -0.39 is 11.6 Å². The molecule has 1 heterocycles. The van der Waals surface area contributed by atoms with E-state index in [1.54, 1.807) is 6.92 Å². The average molecular weight is 323 g/mol. The van der Waals surface area contributed by atoms with Crippen LogP contribution in [-0.4, -0.2) is 28.9 Å². The molecule has 1 atom stereocenters. The number of nitrogens with one attached hydrogen (secondary N) is 2. The summed E-state index contributed by atoms with van der Waals surface area (Å²) >= 11 is 0. The Hall–Kier alpha value is -2.66. The second-order valence-electron chi connectivity index (χ2n) is 6.36. The monoisotopic (exact) mass is 323 g/mol. The van der Waals surface area contributed by atoms with Gasteiger partial charge < -0.3 is 5.32 Å². The molecule has 0 aliphatic carbocycles. The Morgan fingerprint density at radius 1 is 0.875 bits per heavy atom. The summed E-state index contributed by atoms with van der Waals surface area (Å²) in [6, 6.07) is 19.8. The van der Waals surface area contributed by atoms with Crippen molar-refractivity contribution in [2.45, 2.75) is 25.6 Å². The van der Waals surface area contributed by atoms with E-state index in [1.807, 2.05) is 36.4 Å². The summed E-state index contributed by atoms with van der Waals surface area (Å²) in [5, 5.41) is 5.07. The number of carbonyl (C=O) groups is 2. The number of hydrogen-bond donors (Lipinski definition) is 2. The van der Waals surface area contributed by atoms with E-state index in [2.05, 4.69) is 39.8 Å². The van der Waals surface area contributed by atoms with Gasteiger partial charge in [-0.25, -0.2) is 4.79 Å². The molecule has 3 amide bonds. The smallest absolute Gasteiger partial charge is 0.322 e. The van der Waals surface area contributed by atoms with Gasteiger partial charge in [0.1, 0.15) is 5.54 Å². The lowest BCUT2D eigenvalue weighted by molar-refractivity contribution is -0.124. The zero-order valence-corrected chi connectivity index (χ0v) is 13.7. The Kier molecular flexibility index (Phi) is 4.62. The van der Waals surface area contributed by atoms with Gasteiger partial charge in [0.2, 0.25) is 0 Å². The molecular weight excluding hydrogens is 302 g/mol. The molecule has 5 nitrogen and oxygen atoms in total. The van der Waals surface area contributed by atoms with Crippen molar-refractivity contribution in [1.82, 2.24) is 15.5 Å². The summed E-state index contributed by atoms with van der Waals surface area (Å²) < 4.78 is 0. The molecule has 2 aromatic rings. The van der Waals surface area contributed by atoms with E-state index in [-0.39, 0.29) is 5.91 Å². The highest BCUT2D eigenvalue weighted by Crippen LogP contribution is 2.17. The molecule has 1 aliphatic rings. The third-order valence-electron chi connectivity index (χ3n) is 4.16. The van der Waals surface area contributed by atoms with Crippen LogP contribution in [0.25, 0.3) is 0 Å². The van der Waals surface area contributed by atoms with Gasteiger partial charge >= 0.3 is 6.03 Å². The van der Waals surface area contributed by atoms with Gasteiger partial charge in [-0.05, 0) is 18.1 Å². The molecule has 0 radical (unpaired) electrons. The Labute approximate surface area is 141 Å². The average Bonchev–Trinajstić information content (AvgIpc) is 2.81. The van der Waals surface area contributed by atoms with Gasteiger partial charge in [0.15, 0.2) is 0 Å². The van der Waals surface area contributed by atoms with Crippen LogP contribution in [0.3, 0.4) is 0 Å². The summed E-state index contributed by atoms with van der Waals surface area (Å²) in [6.45, 7) is 3.60. The molecule has 2 N–H and O–H groups in total. The lowest BCUT2D eigenvalue weighted by atomic mass is 10.0. The minimum atomic E-state index is -0.916. The zero-order valence-electron chi connectivity index (χ0n) is 13.7. The molecule has 0 aromatic heterocycles. The quantitative estimate of drug-likeness (QED) is 0.802. The first kappa shape index (κ1) is 16.2. The molecule has 24 heavy (non-hydrogen) atoms. The maximum absolute atomic E-state index is 12.1. The molecule has 0 saturated carbocycles. The normalized spacial score (nSPS) is 20.1. The molecule has 0 bridgehead atoms. The van der Waals surface area contributed by atoms with Gasteiger partial charge in [-0.1, -0.05) is 60.7 Å². The highest BCUT2D eigenvalue weighted by molar-refractivity contribution is 6.06. The number of urea groups is 1. The van der Waals surface area contributed by atoms with Crippen LogP contribution in [0.5, 0.6) is 0 Å². The van der Waals surface area contributed by atoms with E-state index in [0.29, 0.717) is 19.6 Å². The number of hydrogen-bond acceptors (Lipinski definition) is 3. The minimum Gasteiger partial charge on any atom is -0.322 e. The molecule has 1 fully saturated rings. The lowest BCUT2D eigenvalue weighted by Gasteiger charge is -2.30. The Bertz CT molecular complexity index is 676. The summed E-state index contributed by atoms with van der Waals surface area (Å²) in [5.41, 5.74) is 1.42. The fraction of sp³-hybridized carbons (Fsp3) is 0.263. The molecule has 3 rings (SSSR count). The van der Waals surface area contributed by atoms with Crippen LogP contribution in [0.15, 0.2) is 60.7 Å². The fourth-order valence-electron chi connectivity index (χ4n) is 2.99. The van der Waals surface area contributed by atoms with Crippen LogP contribution in [-0.2, 0) is 17.9 Å². The van der Waals surface area contributed by atoms with Gasteiger partial charge in [0.25, 0.3) is 5.91 Å². The standard InChI is InChI=1S/C19H21N3O2/c1-19(17(23)20-18(24)21-19)14-22(12-15-8-4-2-5-9-15)13-16-10-6-3-7-11-16/h2-11H,12-14H2,1H3,(H2,20,21,23,24). The first-order valence-electron chi connectivity index (χ1n) is 7.99. The SMILES string of the molecule is CC1(CN(Cc2ccccc2)Cc2ccccc2)NC(=O)NC1=O. The van der Waals surface area contributed by atoms with Crippen LogP contribution < -0.4 is 10.6 Å². The van der Waals surface area contributed by atoms with Crippen molar-refractivity contribution in [2.75, 3.05) is 6.54 Å². The van der Waals surface area contributed by atoms with Crippen LogP contribution in [0.2, 0.25) is 0 Å². The number of benzene rings is 2. The van der Waals surface area contributed by atoms with Crippen LogP contribution >= 0.6 is 0 Å². The van der Waals surface area contributed by atoms with Crippen molar-refractivity contribution >= 4 is 11.9 Å². The third kappa shape index (κ3) is 3.81. The summed E-state index contributed by atoms with van der Waals surface area (Å²) in [4.78, 5) is 25.8. The van der Waals surface area contributed by atoms with Crippen molar-refractivity contribution in [2.24, 2.45) is 0 Å². The zero-order chi connectivity index (χ0) is 17.0. The fourth-order valence-corrected chi connectivity index (χ4v) is 2.99. The maximum Gasteiger partial charge on any atom is 0.322 e. The lowest BCUT2D eigenvalue weighted by Crippen LogP contribution is -2.52. The van der Waals surface area contributed by atoms with Crippen molar-refractivity contribution in [3.05, 3.63) is 71.8 Å². The van der Waals surface area contributed by atoms with Crippen LogP contribution in [0, 0.1) is 0 Å². The predicted octanol–water partition coefficient (Wildman–Crippen LogP) is 2.29. The Morgan fingerprint density at radius 3 is 1.79 bits per heavy atom. The highest BCUT2D eigenvalue weighted by Gasteiger charge is 2.43. The first-order valence-corrected chi connectivity index (χ1v) is 7.99. The second-order valence-corrected chi connectivity index (χ2v) is 6.36. The Morgan fingerprint density at radius 2 is 1.38 bits per heavy atom. The Balaban J connectivity index is 1.79. The molecule has 0 spiro atoms. The minimum absolute atomic E-state index is 0.279. The van der Waals surface area contributed by atoms with E-state index in [1.165, 1.54) is 11.1 Å². The third-order valence-corrected chi connectivity index (χ3v) is 4.16. The number of amides is 3. The van der Waals surface area contributed by atoms with Crippen molar-refractivity contribution in [3.8, 4) is 0 Å². The number of nitrogens with zero attached hydrogens (tertiary/aromatic N) is 1. The largest absolute Gasteiger partial charge is 0.322 e. The van der Waals surface area contributed by atoms with E-state index in [0.717, 1.165) is 0 Å². The molecule has 2 aromatic carbocycles. The van der Waals surface area contributed by atoms with Gasteiger partial charge in [-0.2, -0.15) is 0 Å². The van der Waals surface area contributed by atoms with Gasteiger partial charge in [-0.15, -0.1) is 0 Å². The van der Waals surface area contributed by atoms with E-state index >= 15 is 0 Å². The van der Waals surface area contributed by atoms with Crippen LogP contribution in [0.4, 0.5) is 4.79 Å². The van der Waals surface area contributed by atoms with Gasteiger partial charge in [-0.3, -0.25) is 15.0 Å². The second kappa shape index (κ2) is 6.84. The maximum atomic E-state index is 12.1. The van der Waals surface area contributed by atoms with Crippen molar-refractivity contribution in [1.29, 1.82) is 0 Å². The van der Waals surface area contributed by atoms with Crippen molar-refractivity contribution in [3.63, 3.8) is 0 Å². The molecule has 124 valence electrons. The van der Waals surface area contributed by atoms with Gasteiger partial charge in [0.05, 0.1) is 0 Å². The number of rotatable bonds is 6. The molecular formula is C19H21N3O2.